The van der Waals surface area contributed by atoms with E-state index in [0.717, 1.165) is 29.0 Å². The van der Waals surface area contributed by atoms with Crippen LogP contribution in [0.25, 0.3) is 22.6 Å². The molecule has 0 spiro atoms. The fourth-order valence-electron chi connectivity index (χ4n) is 3.63. The Kier molecular flexibility index (Phi) is 5.85. The molecule has 8 nitrogen and oxygen atoms in total. The molecule has 2 heterocycles. The Morgan fingerprint density at radius 3 is 2.84 bits per heavy atom. The predicted molar refractivity (Wildman–Crippen MR) is 122 cm³/mol. The van der Waals surface area contributed by atoms with Crippen LogP contribution in [0.2, 0.25) is 0 Å². The van der Waals surface area contributed by atoms with Crippen LogP contribution in [0.4, 0.5) is 5.69 Å². The number of carbonyl (C=O) groups excluding carboxylic acids is 1. The van der Waals surface area contributed by atoms with Gasteiger partial charge in [-0.05, 0) is 60.9 Å². The lowest BCUT2D eigenvalue weighted by atomic mass is 10.1. The van der Waals surface area contributed by atoms with E-state index in [1.165, 1.54) is 0 Å². The fourth-order valence-corrected chi connectivity index (χ4v) is 3.63. The van der Waals surface area contributed by atoms with Crippen LogP contribution in [0.5, 0.6) is 5.75 Å². The van der Waals surface area contributed by atoms with Gasteiger partial charge in [-0.3, -0.25) is 14.2 Å². The van der Waals surface area contributed by atoms with E-state index < -0.39 is 11.9 Å². The minimum atomic E-state index is -1.21. The molecule has 0 aliphatic carbocycles. The Balaban J connectivity index is 1.69. The molecule has 4 rings (SSSR count). The number of allylic oxidation sites excluding steroid dienone is 1. The Bertz CT molecular complexity index is 1340. The van der Waals surface area contributed by atoms with Gasteiger partial charge < -0.3 is 15.2 Å². The highest BCUT2D eigenvalue weighted by Crippen LogP contribution is 2.29. The summed E-state index contributed by atoms with van der Waals surface area (Å²) < 4.78 is 7.22. The Hall–Kier alpha value is -4.20. The molecule has 2 N–H and O–H groups in total. The Labute approximate surface area is 183 Å². The summed E-state index contributed by atoms with van der Waals surface area (Å²) in [6.07, 6.45) is 4.36. The first kappa shape index (κ1) is 21.0. The van der Waals surface area contributed by atoms with Gasteiger partial charge in [0.1, 0.15) is 11.6 Å². The molecule has 3 aromatic rings. The van der Waals surface area contributed by atoms with Crippen LogP contribution in [0.1, 0.15) is 24.7 Å². The normalized spacial score (nSPS) is 14.1. The molecule has 1 aromatic heterocycles. The third kappa shape index (κ3) is 4.44. The van der Waals surface area contributed by atoms with Crippen molar-refractivity contribution in [2.45, 2.75) is 19.9 Å². The number of carboxylic acid groups (broad SMARTS) is 1. The number of carbonyl (C=O) groups is 2. The van der Waals surface area contributed by atoms with E-state index in [9.17, 15) is 14.4 Å². The fraction of sp³-hybridized carbons (Fsp3) is 0.167. The van der Waals surface area contributed by atoms with Crippen LogP contribution in [0, 0.1) is 0 Å². The summed E-state index contributed by atoms with van der Waals surface area (Å²) in [5.41, 5.74) is 2.64. The smallest absolute Gasteiger partial charge is 0.328 e. The number of benzene rings is 2. The molecular formula is C24H21N3O5. The quantitative estimate of drug-likeness (QED) is 0.580. The third-order valence-electron chi connectivity index (χ3n) is 5.00. The van der Waals surface area contributed by atoms with Crippen LogP contribution < -0.4 is 15.6 Å². The maximum absolute atomic E-state index is 13.0. The molecular weight excluding hydrogens is 410 g/mol. The molecule has 2 aromatic carbocycles. The maximum Gasteiger partial charge on any atom is 0.328 e. The Morgan fingerprint density at radius 1 is 1.22 bits per heavy atom. The molecule has 1 amide bonds. The monoisotopic (exact) mass is 431 g/mol. The van der Waals surface area contributed by atoms with Crippen LogP contribution in [-0.4, -0.2) is 33.1 Å². The van der Waals surface area contributed by atoms with Gasteiger partial charge in [-0.15, -0.1) is 0 Å². The summed E-state index contributed by atoms with van der Waals surface area (Å²) in [6.45, 7) is 3.06. The molecule has 32 heavy (non-hydrogen) atoms. The predicted octanol–water partition coefficient (Wildman–Crippen LogP) is 3.32. The van der Waals surface area contributed by atoms with Crippen molar-refractivity contribution >= 4 is 40.1 Å². The number of aliphatic carboxylic acids is 1. The zero-order valence-corrected chi connectivity index (χ0v) is 17.4. The highest BCUT2D eigenvalue weighted by atomic mass is 16.5. The molecule has 0 saturated heterocycles. The molecule has 1 aliphatic heterocycles. The number of hydrogen-bond donors (Lipinski definition) is 2. The lowest BCUT2D eigenvalue weighted by molar-refractivity contribution is -0.131. The number of hydrogen-bond acceptors (Lipinski definition) is 5. The number of nitrogens with zero attached hydrogens (tertiary/aromatic N) is 2. The van der Waals surface area contributed by atoms with Crippen molar-refractivity contribution in [1.29, 1.82) is 0 Å². The van der Waals surface area contributed by atoms with Gasteiger partial charge in [0.2, 0.25) is 5.91 Å². The molecule has 1 aliphatic rings. The van der Waals surface area contributed by atoms with Gasteiger partial charge >= 0.3 is 5.97 Å². The van der Waals surface area contributed by atoms with Gasteiger partial charge in [-0.2, -0.15) is 0 Å². The minimum Gasteiger partial charge on any atom is -0.494 e. The van der Waals surface area contributed by atoms with Crippen molar-refractivity contribution < 1.29 is 19.4 Å². The maximum atomic E-state index is 13.0. The summed E-state index contributed by atoms with van der Waals surface area (Å²) in [4.78, 5) is 40.1. The second-order valence-corrected chi connectivity index (χ2v) is 7.21. The van der Waals surface area contributed by atoms with Crippen LogP contribution in [0.15, 0.2) is 59.4 Å². The first-order chi connectivity index (χ1) is 15.4. The standard InChI is InChI=1S/C24H21N3O5/c1-2-32-18-5-3-4-15(13-18)12-16-10-11-27-23(16)26-20-14-17(6-7-19(20)24(27)31)25-21(28)8-9-22(29)30/h3-9,12-14H,2,10-11H2,1H3,(H,25,28)(H,29,30). The van der Waals surface area contributed by atoms with Gasteiger partial charge in [0.05, 0.1) is 17.5 Å². The third-order valence-corrected chi connectivity index (χ3v) is 5.00. The molecule has 0 fully saturated rings. The van der Waals surface area contributed by atoms with E-state index in [0.29, 0.717) is 42.0 Å². The zero-order chi connectivity index (χ0) is 22.7. The van der Waals surface area contributed by atoms with Gasteiger partial charge in [0.15, 0.2) is 0 Å². The Morgan fingerprint density at radius 2 is 2.06 bits per heavy atom. The van der Waals surface area contributed by atoms with Crippen molar-refractivity contribution in [2.75, 3.05) is 11.9 Å². The number of nitrogens with one attached hydrogen (secondary N) is 1. The van der Waals surface area contributed by atoms with E-state index in [4.69, 9.17) is 14.8 Å². The van der Waals surface area contributed by atoms with E-state index in [1.54, 1.807) is 22.8 Å². The van der Waals surface area contributed by atoms with Crippen LogP contribution >= 0.6 is 0 Å². The number of carboxylic acids is 1. The largest absolute Gasteiger partial charge is 0.494 e. The van der Waals surface area contributed by atoms with E-state index in [2.05, 4.69) is 5.32 Å². The first-order valence-electron chi connectivity index (χ1n) is 10.1. The van der Waals surface area contributed by atoms with Gasteiger partial charge in [0, 0.05) is 24.4 Å². The number of rotatable bonds is 6. The molecule has 8 heteroatoms. The molecule has 162 valence electrons. The number of fused-ring (bicyclic) bond motifs is 2. The van der Waals surface area contributed by atoms with E-state index in [1.807, 2.05) is 37.3 Å². The van der Waals surface area contributed by atoms with E-state index in [-0.39, 0.29) is 5.56 Å². The van der Waals surface area contributed by atoms with Gasteiger partial charge in [-0.1, -0.05) is 12.1 Å². The van der Waals surface area contributed by atoms with Crippen molar-refractivity contribution in [2.24, 2.45) is 0 Å². The second kappa shape index (κ2) is 8.89. The average molecular weight is 431 g/mol. The van der Waals surface area contributed by atoms with Gasteiger partial charge in [0.25, 0.3) is 5.56 Å². The van der Waals surface area contributed by atoms with Crippen molar-refractivity contribution in [3.05, 3.63) is 76.4 Å². The molecule has 0 atom stereocenters. The SMILES string of the molecule is CCOc1cccc(C=C2CCn3c2nc2cc(NC(=O)C=CC(=O)O)ccc2c3=O)c1. The summed E-state index contributed by atoms with van der Waals surface area (Å²) >= 11 is 0. The minimum absolute atomic E-state index is 0.139. The highest BCUT2D eigenvalue weighted by Gasteiger charge is 2.21. The average Bonchev–Trinajstić information content (AvgIpc) is 3.15. The lowest BCUT2D eigenvalue weighted by Crippen LogP contribution is -2.21. The molecule has 0 saturated carbocycles. The number of amides is 1. The summed E-state index contributed by atoms with van der Waals surface area (Å²) in [7, 11) is 0. The molecule has 0 bridgehead atoms. The van der Waals surface area contributed by atoms with Gasteiger partial charge in [-0.25, -0.2) is 9.78 Å². The summed E-state index contributed by atoms with van der Waals surface area (Å²) in [5, 5.41) is 11.7. The van der Waals surface area contributed by atoms with Crippen molar-refractivity contribution in [1.82, 2.24) is 9.55 Å². The number of aromatic nitrogens is 2. The summed E-state index contributed by atoms with van der Waals surface area (Å²) in [6, 6.07) is 12.5. The summed E-state index contributed by atoms with van der Waals surface area (Å²) in [5.74, 6) is -0.422. The molecule has 0 unspecified atom stereocenters. The second-order valence-electron chi connectivity index (χ2n) is 7.21. The van der Waals surface area contributed by atoms with Crippen molar-refractivity contribution in [3.8, 4) is 5.75 Å². The zero-order valence-electron chi connectivity index (χ0n) is 17.4. The highest BCUT2D eigenvalue weighted by molar-refractivity contribution is 6.03. The number of anilines is 1. The lowest BCUT2D eigenvalue weighted by Gasteiger charge is -2.08. The number of ether oxygens (including phenoxy) is 1. The van der Waals surface area contributed by atoms with Crippen molar-refractivity contribution in [3.63, 3.8) is 0 Å². The first-order valence-corrected chi connectivity index (χ1v) is 10.1. The van der Waals surface area contributed by atoms with Crippen LogP contribution in [-0.2, 0) is 16.1 Å². The van der Waals surface area contributed by atoms with Crippen LogP contribution in [0.3, 0.4) is 0 Å². The van der Waals surface area contributed by atoms with E-state index >= 15 is 0 Å². The topological polar surface area (TPSA) is 111 Å². The molecule has 0 radical (unpaired) electrons.